The average molecular weight is 847 g/mol. The number of aryl methyl sites for hydroxylation is 4. The number of fused-ring (bicyclic) bond motifs is 9. The number of anilines is 3. The van der Waals surface area contributed by atoms with Crippen LogP contribution in [-0.2, 0) is 30.9 Å². The summed E-state index contributed by atoms with van der Waals surface area (Å²) in [6, 6.07) is 6.40. The van der Waals surface area contributed by atoms with E-state index in [1.54, 1.807) is 50.5 Å². The van der Waals surface area contributed by atoms with Gasteiger partial charge >= 0.3 is 11.7 Å². The van der Waals surface area contributed by atoms with Gasteiger partial charge in [-0.1, -0.05) is 12.2 Å². The molecule has 0 aliphatic carbocycles. The molecule has 4 aromatic heterocycles. The number of hydrogen-bond donors (Lipinski definition) is 5. The number of likely N-dealkylation sites (tertiary alicyclic amines) is 1. The van der Waals surface area contributed by atoms with Crippen molar-refractivity contribution in [1.29, 1.82) is 0 Å². The van der Waals surface area contributed by atoms with Crippen molar-refractivity contribution in [2.75, 3.05) is 62.5 Å². The molecule has 6 aromatic rings. The van der Waals surface area contributed by atoms with Crippen molar-refractivity contribution in [2.45, 2.75) is 53.9 Å². The summed E-state index contributed by atoms with van der Waals surface area (Å²) < 4.78 is 19.6. The van der Waals surface area contributed by atoms with Crippen LogP contribution in [0.4, 0.5) is 17.6 Å². The van der Waals surface area contributed by atoms with E-state index in [-0.39, 0.29) is 53.0 Å². The summed E-state index contributed by atoms with van der Waals surface area (Å²) in [5, 5.41) is 19.0. The quantitative estimate of drug-likeness (QED) is 0.103. The van der Waals surface area contributed by atoms with Gasteiger partial charge in [0, 0.05) is 74.4 Å². The molecule has 2 saturated heterocycles. The largest absolute Gasteiger partial charge is 0.494 e. The number of carbonyl (C=O) groups is 4. The zero-order valence-electron chi connectivity index (χ0n) is 35.1. The molecular weight excluding hydrogens is 799 g/mol. The van der Waals surface area contributed by atoms with Gasteiger partial charge in [0.05, 0.1) is 48.3 Å². The van der Waals surface area contributed by atoms with Crippen LogP contribution in [0.25, 0.3) is 27.8 Å². The molecule has 2 fully saturated rings. The molecule has 0 unspecified atom stereocenters. The van der Waals surface area contributed by atoms with E-state index in [9.17, 15) is 19.2 Å². The minimum absolute atomic E-state index is 0.111. The molecule has 21 nitrogen and oxygen atoms in total. The Labute approximate surface area is 354 Å². The van der Waals surface area contributed by atoms with Crippen molar-refractivity contribution in [2.24, 2.45) is 16.9 Å². The second-order valence-corrected chi connectivity index (χ2v) is 15.9. The fourth-order valence-electron chi connectivity index (χ4n) is 8.82. The summed E-state index contributed by atoms with van der Waals surface area (Å²) in [6.07, 6.45) is 3.77. The van der Waals surface area contributed by atoms with E-state index in [0.29, 0.717) is 70.3 Å². The van der Waals surface area contributed by atoms with E-state index in [0.717, 1.165) is 32.8 Å². The van der Waals surface area contributed by atoms with Crippen molar-refractivity contribution >= 4 is 63.3 Å². The highest BCUT2D eigenvalue weighted by Crippen LogP contribution is 2.37. The number of imidazole rings is 2. The van der Waals surface area contributed by atoms with Gasteiger partial charge in [-0.3, -0.25) is 34.5 Å². The molecule has 2 aromatic carbocycles. The standard InChI is InChI=1S/C41H47N15O6/c1-6-54-33-30(22(3)49-54)56-23(4)50-55(7-2)38(56)37(60)48-40-46-28-16-25(35(43)58)17-29(61-5)32(28)53(40)12-9-8-11-52-31-26(44-10-13-51-18-41(19-51)20-62-21-41)14-24(34(42)57)15-27(31)45-39(52)47-36(33)59/h8-9,14-17,44H,6-7,10-13,18-21H2,1-5H3,(H5-,42,43,45,46,47,48,57,58,59,60)/p+1/b9-8+. The molecule has 62 heavy (non-hydrogen) atoms. The molecule has 7 N–H and O–H groups in total. The van der Waals surface area contributed by atoms with Gasteiger partial charge in [-0.2, -0.15) is 9.67 Å². The number of nitrogens with zero attached hydrogens (tertiary/aromatic N) is 10. The van der Waals surface area contributed by atoms with Gasteiger partial charge in [-0.15, -0.1) is 4.68 Å². The van der Waals surface area contributed by atoms with Crippen LogP contribution < -0.4 is 36.7 Å². The summed E-state index contributed by atoms with van der Waals surface area (Å²) >= 11 is 0. The van der Waals surface area contributed by atoms with Crippen LogP contribution >= 0.6 is 0 Å². The number of carbonyl (C=O) groups excluding carboxylic acids is 4. The van der Waals surface area contributed by atoms with E-state index < -0.39 is 23.6 Å². The summed E-state index contributed by atoms with van der Waals surface area (Å²) in [5.41, 5.74) is 15.8. The zero-order valence-corrected chi connectivity index (χ0v) is 35.1. The predicted octanol–water partition coefficient (Wildman–Crippen LogP) is 1.74. The maximum absolute atomic E-state index is 14.8. The van der Waals surface area contributed by atoms with E-state index in [1.165, 1.54) is 13.2 Å². The molecule has 3 aliphatic heterocycles. The summed E-state index contributed by atoms with van der Waals surface area (Å²) in [7, 11) is 1.48. The third kappa shape index (κ3) is 6.69. The number of hydrogen-bond acceptors (Lipinski definition) is 12. The second kappa shape index (κ2) is 15.4. The zero-order chi connectivity index (χ0) is 43.6. The molecule has 0 atom stereocenters. The fraction of sp³-hybridized carbons (Fsp3) is 0.390. The number of amides is 4. The average Bonchev–Trinajstić information content (AvgIpc) is 3.94. The topological polar surface area (TPSA) is 253 Å². The SMILES string of the molecule is CCn1nc(C)c2c1C(=O)Nc1nc3cc(C(N)=O)cc(NCCN4CC5(COC5)C4)c3n1C/C=C/Cn1c(nc3cc(C(N)=O)cc(OC)c31)NC(=O)c1n(CC)nc(C)[n+]1-2. The molecule has 9 rings (SSSR count). The first-order valence-corrected chi connectivity index (χ1v) is 20.4. The van der Waals surface area contributed by atoms with E-state index in [1.807, 2.05) is 30.6 Å². The monoisotopic (exact) mass is 846 g/mol. The Morgan fingerprint density at radius 3 is 2.08 bits per heavy atom. The van der Waals surface area contributed by atoms with Crippen LogP contribution in [0.1, 0.15) is 67.2 Å². The Morgan fingerprint density at radius 2 is 1.48 bits per heavy atom. The third-order valence-electron chi connectivity index (χ3n) is 11.7. The first-order chi connectivity index (χ1) is 29.8. The lowest BCUT2D eigenvalue weighted by Crippen LogP contribution is -2.66. The minimum Gasteiger partial charge on any atom is -0.494 e. The molecule has 0 saturated carbocycles. The third-order valence-corrected chi connectivity index (χ3v) is 11.7. The van der Waals surface area contributed by atoms with Gasteiger partial charge in [-0.25, -0.2) is 9.97 Å². The van der Waals surface area contributed by atoms with Crippen molar-refractivity contribution in [3.05, 3.63) is 70.6 Å². The van der Waals surface area contributed by atoms with Gasteiger partial charge in [-0.05, 0) is 45.0 Å². The van der Waals surface area contributed by atoms with Crippen LogP contribution in [0.3, 0.4) is 0 Å². The van der Waals surface area contributed by atoms with Crippen molar-refractivity contribution < 1.29 is 33.2 Å². The molecule has 0 bridgehead atoms. The summed E-state index contributed by atoms with van der Waals surface area (Å²) in [6.45, 7) is 13.1. The molecule has 0 radical (unpaired) electrons. The van der Waals surface area contributed by atoms with E-state index >= 15 is 0 Å². The highest BCUT2D eigenvalue weighted by molar-refractivity contribution is 6.07. The van der Waals surface area contributed by atoms with Gasteiger partial charge in [0.1, 0.15) is 17.8 Å². The number of nitrogens with one attached hydrogen (secondary N) is 3. The number of methoxy groups -OCH3 is 1. The van der Waals surface area contributed by atoms with Crippen LogP contribution in [0.15, 0.2) is 36.4 Å². The van der Waals surface area contributed by atoms with Gasteiger partial charge in [0.15, 0.2) is 11.4 Å². The molecule has 21 heteroatoms. The predicted molar refractivity (Wildman–Crippen MR) is 227 cm³/mol. The lowest BCUT2D eigenvalue weighted by molar-refractivity contribution is -0.606. The Hall–Kier alpha value is -7.13. The molecule has 1 spiro atoms. The Kier molecular flexibility index (Phi) is 10.0. The number of primary amides is 2. The maximum Gasteiger partial charge on any atom is 0.331 e. The summed E-state index contributed by atoms with van der Waals surface area (Å²) in [4.78, 5) is 66.5. The molecule has 7 heterocycles. The molecular formula is C41H48N15O6+. The van der Waals surface area contributed by atoms with Crippen molar-refractivity contribution in [1.82, 2.24) is 43.6 Å². The lowest BCUT2D eigenvalue weighted by Gasteiger charge is -2.55. The van der Waals surface area contributed by atoms with Crippen LogP contribution in [0.5, 0.6) is 5.75 Å². The summed E-state index contributed by atoms with van der Waals surface area (Å²) in [5.74, 6) is -1.17. The van der Waals surface area contributed by atoms with Crippen LogP contribution in [-0.4, -0.2) is 114 Å². The Balaban J connectivity index is 1.22. The van der Waals surface area contributed by atoms with Crippen LogP contribution in [0.2, 0.25) is 0 Å². The van der Waals surface area contributed by atoms with Crippen molar-refractivity contribution in [3.63, 3.8) is 0 Å². The number of allylic oxidation sites excluding steroid dienone is 2. The molecule has 322 valence electrons. The number of benzene rings is 2. The number of rotatable bonds is 9. The van der Waals surface area contributed by atoms with Crippen molar-refractivity contribution in [3.8, 4) is 11.4 Å². The smallest absolute Gasteiger partial charge is 0.331 e. The Morgan fingerprint density at radius 1 is 0.871 bits per heavy atom. The molecule has 4 amide bonds. The fourth-order valence-corrected chi connectivity index (χ4v) is 8.82. The Bertz CT molecular complexity index is 2870. The lowest BCUT2D eigenvalue weighted by atomic mass is 9.78. The first kappa shape index (κ1) is 40.3. The van der Waals surface area contributed by atoms with E-state index in [4.69, 9.17) is 41.1 Å². The second-order valence-electron chi connectivity index (χ2n) is 15.9. The normalized spacial score (nSPS) is 16.7. The van der Waals surface area contributed by atoms with Gasteiger partial charge in [0.2, 0.25) is 23.7 Å². The van der Waals surface area contributed by atoms with Gasteiger partial charge in [0.25, 0.3) is 11.7 Å². The number of nitrogens with two attached hydrogens (primary N) is 2. The first-order valence-electron chi connectivity index (χ1n) is 20.4. The highest BCUT2D eigenvalue weighted by Gasteiger charge is 2.48. The highest BCUT2D eigenvalue weighted by atomic mass is 16.5. The van der Waals surface area contributed by atoms with Crippen LogP contribution in [0, 0.1) is 19.3 Å². The molecule has 3 aliphatic rings. The van der Waals surface area contributed by atoms with Gasteiger partial charge < -0.3 is 40.3 Å². The minimum atomic E-state index is -0.668. The number of aromatic nitrogens is 9. The maximum atomic E-state index is 14.8. The van der Waals surface area contributed by atoms with E-state index in [2.05, 4.69) is 20.9 Å². The number of ether oxygens (including phenoxy) is 2.